The summed E-state index contributed by atoms with van der Waals surface area (Å²) in [6.45, 7) is 3.08. The van der Waals surface area contributed by atoms with Crippen molar-refractivity contribution in [1.82, 2.24) is 4.90 Å². The maximum absolute atomic E-state index is 5.78. The summed E-state index contributed by atoms with van der Waals surface area (Å²) in [4.78, 5) is 2.53. The third kappa shape index (κ3) is 2.56. The summed E-state index contributed by atoms with van der Waals surface area (Å²) in [5.74, 6) is 1.51. The zero-order valence-corrected chi connectivity index (χ0v) is 13.2. The predicted molar refractivity (Wildman–Crippen MR) is 81.2 cm³/mol. The predicted octanol–water partition coefficient (Wildman–Crippen LogP) is 2.53. The molecule has 116 valence electrons. The molecule has 2 aliphatic rings. The van der Waals surface area contributed by atoms with Crippen molar-refractivity contribution in [3.8, 4) is 5.75 Å². The van der Waals surface area contributed by atoms with Crippen molar-refractivity contribution in [2.75, 3.05) is 34.4 Å². The molecule has 2 bridgehead atoms. The van der Waals surface area contributed by atoms with Gasteiger partial charge in [0.2, 0.25) is 0 Å². The Bertz CT molecular complexity index is 453. The summed E-state index contributed by atoms with van der Waals surface area (Å²) in [6.07, 6.45) is 2.40. The molecule has 0 amide bonds. The first kappa shape index (κ1) is 14.8. The Labute approximate surface area is 127 Å². The molecule has 0 aromatic heterocycles. The summed E-state index contributed by atoms with van der Waals surface area (Å²) >= 11 is 0. The second kappa shape index (κ2) is 5.95. The highest BCUT2D eigenvalue weighted by Gasteiger charge is 2.55. The van der Waals surface area contributed by atoms with Crippen molar-refractivity contribution in [3.05, 3.63) is 29.8 Å². The van der Waals surface area contributed by atoms with Crippen LogP contribution in [0, 0.1) is 11.8 Å². The van der Waals surface area contributed by atoms with Gasteiger partial charge in [0.1, 0.15) is 5.75 Å². The van der Waals surface area contributed by atoms with Crippen molar-refractivity contribution < 1.29 is 14.2 Å². The molecule has 2 atom stereocenters. The fraction of sp³-hybridized carbons (Fsp3) is 0.647. The number of methoxy groups -OCH3 is 3. The van der Waals surface area contributed by atoms with E-state index >= 15 is 0 Å². The van der Waals surface area contributed by atoms with Crippen molar-refractivity contribution in [2.24, 2.45) is 11.8 Å². The minimum Gasteiger partial charge on any atom is -0.497 e. The molecule has 2 fully saturated rings. The number of rotatable bonds is 5. The number of benzene rings is 1. The van der Waals surface area contributed by atoms with E-state index in [1.807, 2.05) is 12.1 Å². The van der Waals surface area contributed by atoms with Gasteiger partial charge in [0.25, 0.3) is 0 Å². The molecule has 0 N–H and O–H groups in total. The molecule has 4 heteroatoms. The third-order valence-corrected chi connectivity index (χ3v) is 5.16. The van der Waals surface area contributed by atoms with E-state index in [-0.39, 0.29) is 5.79 Å². The van der Waals surface area contributed by atoms with Crippen molar-refractivity contribution in [3.63, 3.8) is 0 Å². The fourth-order valence-corrected chi connectivity index (χ4v) is 4.14. The van der Waals surface area contributed by atoms with Gasteiger partial charge < -0.3 is 14.2 Å². The first-order chi connectivity index (χ1) is 10.2. The molecule has 1 aromatic rings. The Balaban J connectivity index is 1.67. The summed E-state index contributed by atoms with van der Waals surface area (Å²) in [7, 11) is 5.27. The number of nitrogens with zero attached hydrogens (tertiary/aromatic N) is 1. The standard InChI is InChI=1S/C17H25NO3/c1-19-16-8-4-13(5-9-16)10-18-11-14-6-7-15(12-18)17(14,20-2)21-3/h4-5,8-9,14-15H,6-7,10-12H2,1-3H3. The summed E-state index contributed by atoms with van der Waals surface area (Å²) in [5, 5.41) is 0. The number of hydrogen-bond acceptors (Lipinski definition) is 4. The van der Waals surface area contributed by atoms with Crippen molar-refractivity contribution in [1.29, 1.82) is 0 Å². The molecule has 4 nitrogen and oxygen atoms in total. The van der Waals surface area contributed by atoms with Crippen LogP contribution < -0.4 is 4.74 Å². The second-order valence-electron chi connectivity index (χ2n) is 6.14. The number of likely N-dealkylation sites (tertiary alicyclic amines) is 1. The Kier molecular flexibility index (Phi) is 4.20. The number of piperidine rings is 1. The van der Waals surface area contributed by atoms with E-state index in [9.17, 15) is 0 Å². The first-order valence-corrected chi connectivity index (χ1v) is 7.67. The molecule has 0 radical (unpaired) electrons. The Hall–Kier alpha value is -1.10. The molecule has 1 heterocycles. The van der Waals surface area contributed by atoms with E-state index < -0.39 is 0 Å². The highest BCUT2D eigenvalue weighted by Crippen LogP contribution is 2.47. The van der Waals surface area contributed by atoms with Crippen molar-refractivity contribution >= 4 is 0 Å². The zero-order valence-electron chi connectivity index (χ0n) is 13.2. The van der Waals surface area contributed by atoms with Gasteiger partial charge in [-0.2, -0.15) is 0 Å². The smallest absolute Gasteiger partial charge is 0.175 e. The van der Waals surface area contributed by atoms with Crippen LogP contribution in [0.15, 0.2) is 24.3 Å². The molecule has 1 saturated carbocycles. The van der Waals surface area contributed by atoms with Gasteiger partial charge in [0, 0.05) is 45.7 Å². The van der Waals surface area contributed by atoms with Gasteiger partial charge in [-0.05, 0) is 30.5 Å². The average molecular weight is 291 g/mol. The van der Waals surface area contributed by atoms with Gasteiger partial charge in [-0.15, -0.1) is 0 Å². The van der Waals surface area contributed by atoms with Crippen LogP contribution in [-0.2, 0) is 16.0 Å². The lowest BCUT2D eigenvalue weighted by molar-refractivity contribution is -0.270. The van der Waals surface area contributed by atoms with E-state index in [2.05, 4.69) is 17.0 Å². The van der Waals surface area contributed by atoms with E-state index in [1.165, 1.54) is 18.4 Å². The van der Waals surface area contributed by atoms with E-state index in [0.717, 1.165) is 25.4 Å². The Morgan fingerprint density at radius 2 is 1.57 bits per heavy atom. The summed E-state index contributed by atoms with van der Waals surface area (Å²) < 4.78 is 16.8. The van der Waals surface area contributed by atoms with Crippen LogP contribution >= 0.6 is 0 Å². The molecule has 1 aromatic carbocycles. The summed E-state index contributed by atoms with van der Waals surface area (Å²) in [6, 6.07) is 8.36. The zero-order chi connectivity index (χ0) is 14.9. The molecule has 1 saturated heterocycles. The third-order valence-electron chi connectivity index (χ3n) is 5.16. The molecule has 0 spiro atoms. The topological polar surface area (TPSA) is 30.9 Å². The number of ether oxygens (including phenoxy) is 3. The van der Waals surface area contributed by atoms with Crippen LogP contribution in [0.25, 0.3) is 0 Å². The molecule has 3 rings (SSSR count). The van der Waals surface area contributed by atoms with Crippen LogP contribution in [0.1, 0.15) is 18.4 Å². The van der Waals surface area contributed by atoms with Crippen LogP contribution in [0.5, 0.6) is 5.75 Å². The SMILES string of the molecule is COc1ccc(CN2CC3CCC(C2)C3(OC)OC)cc1. The quantitative estimate of drug-likeness (QED) is 0.780. The first-order valence-electron chi connectivity index (χ1n) is 7.67. The van der Waals surface area contributed by atoms with Crippen LogP contribution in [-0.4, -0.2) is 45.1 Å². The second-order valence-corrected chi connectivity index (χ2v) is 6.14. The largest absolute Gasteiger partial charge is 0.497 e. The number of hydrogen-bond donors (Lipinski definition) is 0. The normalized spacial score (nSPS) is 27.8. The minimum absolute atomic E-state index is 0.351. The van der Waals surface area contributed by atoms with Gasteiger partial charge in [-0.25, -0.2) is 0 Å². The molecular weight excluding hydrogens is 266 g/mol. The molecular formula is C17H25NO3. The number of fused-ring (bicyclic) bond motifs is 2. The highest BCUT2D eigenvalue weighted by atomic mass is 16.7. The van der Waals surface area contributed by atoms with E-state index in [4.69, 9.17) is 14.2 Å². The van der Waals surface area contributed by atoms with Gasteiger partial charge in [-0.3, -0.25) is 4.90 Å². The molecule has 21 heavy (non-hydrogen) atoms. The highest BCUT2D eigenvalue weighted by molar-refractivity contribution is 5.27. The maximum atomic E-state index is 5.78. The van der Waals surface area contributed by atoms with E-state index in [0.29, 0.717) is 11.8 Å². The minimum atomic E-state index is -0.351. The maximum Gasteiger partial charge on any atom is 0.175 e. The van der Waals surface area contributed by atoms with Crippen LogP contribution in [0.3, 0.4) is 0 Å². The van der Waals surface area contributed by atoms with Crippen molar-refractivity contribution in [2.45, 2.75) is 25.2 Å². The lowest BCUT2D eigenvalue weighted by Gasteiger charge is -2.45. The van der Waals surface area contributed by atoms with Gasteiger partial charge >= 0.3 is 0 Å². The molecule has 1 aliphatic heterocycles. The van der Waals surface area contributed by atoms with E-state index in [1.54, 1.807) is 21.3 Å². The Morgan fingerprint density at radius 1 is 1.00 bits per heavy atom. The van der Waals surface area contributed by atoms with Crippen LogP contribution in [0.4, 0.5) is 0 Å². The Morgan fingerprint density at radius 3 is 2.05 bits per heavy atom. The lowest BCUT2D eigenvalue weighted by atomic mass is 9.90. The van der Waals surface area contributed by atoms with Crippen LogP contribution in [0.2, 0.25) is 0 Å². The lowest BCUT2D eigenvalue weighted by Crippen LogP contribution is -2.55. The van der Waals surface area contributed by atoms with Gasteiger partial charge in [0.05, 0.1) is 7.11 Å². The monoisotopic (exact) mass is 291 g/mol. The molecule has 1 aliphatic carbocycles. The fourth-order valence-electron chi connectivity index (χ4n) is 4.14. The molecule has 2 unspecified atom stereocenters. The summed E-state index contributed by atoms with van der Waals surface area (Å²) in [5.41, 5.74) is 1.33. The van der Waals surface area contributed by atoms with Gasteiger partial charge in [-0.1, -0.05) is 12.1 Å². The average Bonchev–Trinajstić information content (AvgIpc) is 2.71. The van der Waals surface area contributed by atoms with Gasteiger partial charge in [0.15, 0.2) is 5.79 Å².